The van der Waals surface area contributed by atoms with Crippen molar-refractivity contribution in [1.82, 2.24) is 9.97 Å². The zero-order valence-corrected chi connectivity index (χ0v) is 16.6. The number of nitrogen functional groups attached to an aromatic ring is 1. The van der Waals surface area contributed by atoms with Crippen LogP contribution in [0.5, 0.6) is 0 Å². The zero-order chi connectivity index (χ0) is 22.3. The van der Waals surface area contributed by atoms with Crippen LogP contribution in [-0.4, -0.2) is 41.2 Å². The number of pyridine rings is 2. The number of piperidine rings is 1. The van der Waals surface area contributed by atoms with Gasteiger partial charge in [0, 0.05) is 31.5 Å². The first-order chi connectivity index (χ1) is 14.6. The second-order valence-corrected chi connectivity index (χ2v) is 7.69. The minimum absolute atomic E-state index is 0.0494. The minimum Gasteiger partial charge on any atom is -0.438 e. The fourth-order valence-corrected chi connectivity index (χ4v) is 3.83. The topological polar surface area (TPSA) is 123 Å². The number of carbonyl (C=O) groups excluding carboxylic acids is 1. The molecule has 1 aliphatic heterocycles. The number of aryl methyl sites for hydroxylation is 1. The van der Waals surface area contributed by atoms with Crippen LogP contribution in [0.3, 0.4) is 0 Å². The number of fused-ring (bicyclic) bond motifs is 1. The molecule has 0 aromatic carbocycles. The molecule has 0 aliphatic carbocycles. The van der Waals surface area contributed by atoms with Gasteiger partial charge >= 0.3 is 6.18 Å². The van der Waals surface area contributed by atoms with Crippen molar-refractivity contribution in [2.45, 2.75) is 25.6 Å². The summed E-state index contributed by atoms with van der Waals surface area (Å²) in [5.41, 5.74) is 14.0. The first kappa shape index (κ1) is 20.9. The van der Waals surface area contributed by atoms with Crippen molar-refractivity contribution in [2.75, 3.05) is 29.0 Å². The number of halogens is 3. The minimum atomic E-state index is -4.36. The third-order valence-corrected chi connectivity index (χ3v) is 5.25. The lowest BCUT2D eigenvalue weighted by atomic mass is 9.93. The SMILES string of the molecule is Cc1cnc2c(C(=O)Nc3cnccc3N3C[C@H](N)C[C@H](C(F)(F)F)C3)c(N)oc2c1. The molecular formula is C20H21F3N6O2. The number of rotatable bonds is 3. The van der Waals surface area contributed by atoms with E-state index in [9.17, 15) is 18.0 Å². The first-order valence-corrected chi connectivity index (χ1v) is 9.60. The molecule has 8 nitrogen and oxygen atoms in total. The summed E-state index contributed by atoms with van der Waals surface area (Å²) in [7, 11) is 0. The van der Waals surface area contributed by atoms with E-state index in [2.05, 4.69) is 15.3 Å². The Morgan fingerprint density at radius 3 is 2.84 bits per heavy atom. The summed E-state index contributed by atoms with van der Waals surface area (Å²) in [4.78, 5) is 22.7. The fraction of sp³-hybridized carbons (Fsp3) is 0.350. The highest BCUT2D eigenvalue weighted by atomic mass is 19.4. The van der Waals surface area contributed by atoms with Gasteiger partial charge in [-0.3, -0.25) is 14.8 Å². The number of hydrogen-bond acceptors (Lipinski definition) is 7. The Bertz CT molecular complexity index is 1130. The van der Waals surface area contributed by atoms with Gasteiger partial charge in [-0.1, -0.05) is 0 Å². The van der Waals surface area contributed by atoms with Gasteiger partial charge in [0.1, 0.15) is 11.1 Å². The molecule has 1 saturated heterocycles. The van der Waals surface area contributed by atoms with E-state index < -0.39 is 24.0 Å². The van der Waals surface area contributed by atoms with Crippen molar-refractivity contribution in [3.05, 3.63) is 41.9 Å². The predicted octanol–water partition coefficient (Wildman–Crippen LogP) is 3.08. The molecule has 1 aliphatic rings. The van der Waals surface area contributed by atoms with Gasteiger partial charge in [-0.15, -0.1) is 0 Å². The summed E-state index contributed by atoms with van der Waals surface area (Å²) in [5, 5.41) is 2.68. The molecule has 5 N–H and O–H groups in total. The van der Waals surface area contributed by atoms with E-state index in [0.29, 0.717) is 16.8 Å². The van der Waals surface area contributed by atoms with Gasteiger partial charge in [-0.25, -0.2) is 0 Å². The van der Waals surface area contributed by atoms with Crippen molar-refractivity contribution < 1.29 is 22.4 Å². The summed E-state index contributed by atoms with van der Waals surface area (Å²) in [6, 6.07) is 2.59. The number of nitrogens with two attached hydrogens (primary N) is 2. The lowest BCUT2D eigenvalue weighted by Crippen LogP contribution is -2.51. The van der Waals surface area contributed by atoms with Gasteiger partial charge in [-0.2, -0.15) is 13.2 Å². The summed E-state index contributed by atoms with van der Waals surface area (Å²) in [5.74, 6) is -2.27. The first-order valence-electron chi connectivity index (χ1n) is 9.60. The highest BCUT2D eigenvalue weighted by Crippen LogP contribution is 2.37. The molecule has 0 unspecified atom stereocenters. The van der Waals surface area contributed by atoms with Crippen molar-refractivity contribution in [1.29, 1.82) is 0 Å². The van der Waals surface area contributed by atoms with Crippen LogP contribution >= 0.6 is 0 Å². The maximum absolute atomic E-state index is 13.3. The van der Waals surface area contributed by atoms with Crippen LogP contribution in [0.25, 0.3) is 11.1 Å². The maximum Gasteiger partial charge on any atom is 0.393 e. The molecule has 0 bridgehead atoms. The van der Waals surface area contributed by atoms with Crippen molar-refractivity contribution >= 4 is 34.3 Å². The summed E-state index contributed by atoms with van der Waals surface area (Å²) in [6.07, 6.45) is -0.113. The molecule has 4 heterocycles. The van der Waals surface area contributed by atoms with Gasteiger partial charge in [0.15, 0.2) is 5.58 Å². The Hall–Kier alpha value is -3.34. The number of alkyl halides is 3. The van der Waals surface area contributed by atoms with Gasteiger partial charge < -0.3 is 26.1 Å². The second kappa shape index (κ2) is 7.73. The molecule has 1 amide bonds. The summed E-state index contributed by atoms with van der Waals surface area (Å²) in [6.45, 7) is 1.78. The number of hydrogen-bond donors (Lipinski definition) is 3. The second-order valence-electron chi connectivity index (χ2n) is 7.69. The molecule has 31 heavy (non-hydrogen) atoms. The molecule has 11 heteroatoms. The largest absolute Gasteiger partial charge is 0.438 e. The van der Waals surface area contributed by atoms with Crippen LogP contribution in [0.1, 0.15) is 22.3 Å². The number of anilines is 3. The van der Waals surface area contributed by atoms with Gasteiger partial charge in [0.2, 0.25) is 5.88 Å². The van der Waals surface area contributed by atoms with E-state index in [-0.39, 0.29) is 36.6 Å². The zero-order valence-electron chi connectivity index (χ0n) is 16.6. The van der Waals surface area contributed by atoms with Crippen LogP contribution in [0, 0.1) is 12.8 Å². The Kier molecular flexibility index (Phi) is 5.21. The number of carbonyl (C=O) groups is 1. The van der Waals surface area contributed by atoms with E-state index in [4.69, 9.17) is 15.9 Å². The molecule has 3 aromatic rings. The number of nitrogens with zero attached hydrogens (tertiary/aromatic N) is 3. The van der Waals surface area contributed by atoms with Crippen LogP contribution in [0.4, 0.5) is 30.4 Å². The highest BCUT2D eigenvalue weighted by molar-refractivity contribution is 6.15. The fourth-order valence-electron chi connectivity index (χ4n) is 3.83. The average molecular weight is 434 g/mol. The van der Waals surface area contributed by atoms with Crippen molar-refractivity contribution in [3.8, 4) is 0 Å². The lowest BCUT2D eigenvalue weighted by Gasteiger charge is -2.39. The Morgan fingerprint density at radius 2 is 2.10 bits per heavy atom. The molecule has 0 saturated carbocycles. The van der Waals surface area contributed by atoms with Crippen LogP contribution < -0.4 is 21.7 Å². The van der Waals surface area contributed by atoms with Crippen LogP contribution in [0.15, 0.2) is 35.1 Å². The lowest BCUT2D eigenvalue weighted by molar-refractivity contribution is -0.177. The highest BCUT2D eigenvalue weighted by Gasteiger charge is 2.44. The maximum atomic E-state index is 13.3. The summed E-state index contributed by atoms with van der Waals surface area (Å²) < 4.78 is 45.4. The molecule has 2 atom stereocenters. The van der Waals surface area contributed by atoms with Gasteiger partial charge in [0.05, 0.1) is 23.5 Å². The summed E-state index contributed by atoms with van der Waals surface area (Å²) >= 11 is 0. The number of nitrogens with one attached hydrogen (secondary N) is 1. The number of amides is 1. The predicted molar refractivity (Wildman–Crippen MR) is 110 cm³/mol. The van der Waals surface area contributed by atoms with Crippen LogP contribution in [-0.2, 0) is 0 Å². The van der Waals surface area contributed by atoms with E-state index in [1.807, 2.05) is 6.92 Å². The Morgan fingerprint density at radius 1 is 1.32 bits per heavy atom. The smallest absolute Gasteiger partial charge is 0.393 e. The molecule has 164 valence electrons. The quantitative estimate of drug-likeness (QED) is 0.579. The normalized spacial score (nSPS) is 19.6. The Labute approximate surface area is 175 Å². The Balaban J connectivity index is 1.64. The third kappa shape index (κ3) is 4.13. The molecule has 0 radical (unpaired) electrons. The number of furan rings is 1. The van der Waals surface area contributed by atoms with Gasteiger partial charge in [-0.05, 0) is 31.0 Å². The van der Waals surface area contributed by atoms with Gasteiger partial charge in [0.25, 0.3) is 5.91 Å². The molecule has 3 aromatic heterocycles. The molecule has 0 spiro atoms. The van der Waals surface area contributed by atoms with Crippen molar-refractivity contribution in [3.63, 3.8) is 0 Å². The van der Waals surface area contributed by atoms with E-state index in [1.165, 1.54) is 17.3 Å². The van der Waals surface area contributed by atoms with E-state index >= 15 is 0 Å². The van der Waals surface area contributed by atoms with E-state index in [1.54, 1.807) is 18.3 Å². The standard InChI is InChI=1S/C20H21F3N6O2/c1-10-4-15-17(27-6-10)16(18(25)31-15)19(30)28-13-7-26-3-2-14(13)29-8-11(20(21,22)23)5-12(24)9-29/h2-4,6-7,11-12H,5,8-9,24-25H2,1H3,(H,28,30)/t11-,12+/m0/s1. The molecule has 4 rings (SSSR count). The molecule has 1 fully saturated rings. The third-order valence-electron chi connectivity index (χ3n) is 5.25. The number of aromatic nitrogens is 2. The van der Waals surface area contributed by atoms with E-state index in [0.717, 1.165) is 5.56 Å². The monoisotopic (exact) mass is 434 g/mol. The molecular weight excluding hydrogens is 413 g/mol. The van der Waals surface area contributed by atoms with Crippen molar-refractivity contribution in [2.24, 2.45) is 11.7 Å². The van der Waals surface area contributed by atoms with Crippen LogP contribution in [0.2, 0.25) is 0 Å². The average Bonchev–Trinajstić information content (AvgIpc) is 3.02.